The summed E-state index contributed by atoms with van der Waals surface area (Å²) < 4.78 is 24.4. The number of hydrogen-bond donors (Lipinski definition) is 2. The Morgan fingerprint density at radius 1 is 0.608 bits per heavy atom. The molecule has 0 aliphatic rings. The standard InChI is InChI=1S/C24H18O3S2.C15H24O.2C2H6.CH4O/c25-18-6-14-23(15-7-18)29(26)24-16-10-20(11-17-24)27-19-8-12-22(13-9-19)28-21-4-2-1-3-5-21;1-6-13(7-2)16-14-10-8-12(9-11-14)15(3,4)5;3*1-2/h1-17,25H;8-11,13H,6-7H2,1-5H3;2*1-2H3;2H,1H3. The van der Waals surface area contributed by atoms with Crippen molar-refractivity contribution in [3.63, 3.8) is 0 Å². The van der Waals surface area contributed by atoms with Crippen LogP contribution < -0.4 is 9.47 Å². The predicted molar refractivity (Wildman–Crippen MR) is 217 cm³/mol. The van der Waals surface area contributed by atoms with Gasteiger partial charge in [0.05, 0.1) is 16.9 Å². The van der Waals surface area contributed by atoms with Gasteiger partial charge in [-0.25, -0.2) is 4.21 Å². The van der Waals surface area contributed by atoms with Crippen LogP contribution >= 0.6 is 11.8 Å². The monoisotopic (exact) mass is 730 g/mol. The van der Waals surface area contributed by atoms with E-state index >= 15 is 0 Å². The molecule has 0 heterocycles. The van der Waals surface area contributed by atoms with Gasteiger partial charge in [-0.3, -0.25) is 0 Å². The molecule has 0 saturated heterocycles. The summed E-state index contributed by atoms with van der Waals surface area (Å²) in [5, 5.41) is 16.4. The third-order valence-corrected chi connectivity index (χ3v) is 9.48. The van der Waals surface area contributed by atoms with Crippen molar-refractivity contribution >= 4 is 22.6 Å². The van der Waals surface area contributed by atoms with Crippen molar-refractivity contribution in [2.75, 3.05) is 7.11 Å². The van der Waals surface area contributed by atoms with Gasteiger partial charge in [-0.2, -0.15) is 0 Å². The van der Waals surface area contributed by atoms with E-state index in [-0.39, 0.29) is 11.2 Å². The minimum Gasteiger partial charge on any atom is -0.508 e. The largest absolute Gasteiger partial charge is 0.508 e. The second kappa shape index (κ2) is 25.0. The number of phenols is 1. The molecule has 0 aromatic heterocycles. The Bertz CT molecular complexity index is 1610. The Hall–Kier alpha value is -4.04. The van der Waals surface area contributed by atoms with Gasteiger partial charge in [-0.1, -0.05) is 104 Å². The van der Waals surface area contributed by atoms with Crippen LogP contribution in [-0.4, -0.2) is 27.6 Å². The summed E-state index contributed by atoms with van der Waals surface area (Å²) in [6.07, 6.45) is 2.48. The minimum absolute atomic E-state index is 0.155. The van der Waals surface area contributed by atoms with E-state index in [4.69, 9.17) is 14.6 Å². The molecule has 7 heteroatoms. The zero-order valence-electron chi connectivity index (χ0n) is 32.1. The highest BCUT2D eigenvalue weighted by Crippen LogP contribution is 2.31. The fourth-order valence-corrected chi connectivity index (χ4v) is 6.23. The van der Waals surface area contributed by atoms with Gasteiger partial charge in [0, 0.05) is 26.7 Å². The first kappa shape index (κ1) is 45.0. The quantitative estimate of drug-likeness (QED) is 0.149. The molecule has 5 aromatic rings. The number of aliphatic hydroxyl groups is 1. The normalized spacial score (nSPS) is 10.7. The molecule has 0 amide bonds. The van der Waals surface area contributed by atoms with Crippen LogP contribution in [0, 0.1) is 0 Å². The molecule has 5 rings (SSSR count). The van der Waals surface area contributed by atoms with Gasteiger partial charge in [0.15, 0.2) is 0 Å². The summed E-state index contributed by atoms with van der Waals surface area (Å²) in [4.78, 5) is 3.65. The maximum Gasteiger partial charge on any atom is 0.127 e. The van der Waals surface area contributed by atoms with Crippen molar-refractivity contribution in [3.8, 4) is 23.0 Å². The second-order valence-corrected chi connectivity index (χ2v) is 14.2. The van der Waals surface area contributed by atoms with E-state index in [1.54, 1.807) is 48.2 Å². The van der Waals surface area contributed by atoms with Gasteiger partial charge >= 0.3 is 0 Å². The van der Waals surface area contributed by atoms with Crippen LogP contribution in [0.15, 0.2) is 147 Å². The molecule has 0 aliphatic carbocycles. The number of ether oxygens (including phenoxy) is 2. The molecule has 1 unspecified atom stereocenters. The second-order valence-electron chi connectivity index (χ2n) is 11.6. The van der Waals surface area contributed by atoms with Crippen LogP contribution in [0.25, 0.3) is 0 Å². The average molecular weight is 731 g/mol. The number of benzene rings is 5. The highest BCUT2D eigenvalue weighted by molar-refractivity contribution is 7.99. The molecule has 0 fully saturated rings. The van der Waals surface area contributed by atoms with Gasteiger partial charge in [0.2, 0.25) is 0 Å². The average Bonchev–Trinajstić information content (AvgIpc) is 3.18. The molecule has 1 atom stereocenters. The van der Waals surface area contributed by atoms with E-state index in [1.165, 1.54) is 22.6 Å². The first-order chi connectivity index (χ1) is 24.6. The van der Waals surface area contributed by atoms with E-state index in [0.29, 0.717) is 21.6 Å². The molecule has 51 heavy (non-hydrogen) atoms. The summed E-state index contributed by atoms with van der Waals surface area (Å²) in [5.74, 6) is 2.57. The third-order valence-electron chi connectivity index (χ3n) is 7.06. The maximum absolute atomic E-state index is 12.6. The van der Waals surface area contributed by atoms with Crippen LogP contribution in [0.2, 0.25) is 0 Å². The molecule has 5 nitrogen and oxygen atoms in total. The zero-order chi connectivity index (χ0) is 38.2. The molecular weight excluding hydrogens is 673 g/mol. The van der Waals surface area contributed by atoms with Gasteiger partial charge in [-0.05, 0) is 121 Å². The fourth-order valence-electron chi connectivity index (χ4n) is 4.35. The Balaban J connectivity index is 0.000000503. The van der Waals surface area contributed by atoms with Crippen molar-refractivity contribution in [1.82, 2.24) is 0 Å². The van der Waals surface area contributed by atoms with Crippen molar-refractivity contribution in [2.24, 2.45) is 0 Å². The van der Waals surface area contributed by atoms with Crippen molar-refractivity contribution in [1.29, 1.82) is 0 Å². The molecule has 0 aliphatic heterocycles. The lowest BCUT2D eigenvalue weighted by Gasteiger charge is -2.20. The minimum atomic E-state index is -1.30. The summed E-state index contributed by atoms with van der Waals surface area (Å²) in [7, 11) is -0.302. The lowest BCUT2D eigenvalue weighted by atomic mass is 9.87. The smallest absolute Gasteiger partial charge is 0.127 e. The highest BCUT2D eigenvalue weighted by atomic mass is 32.2. The number of phenolic OH excluding ortho intramolecular Hbond substituents is 1. The summed E-state index contributed by atoms with van der Waals surface area (Å²) >= 11 is 1.70. The van der Waals surface area contributed by atoms with E-state index < -0.39 is 10.8 Å². The molecule has 276 valence electrons. The van der Waals surface area contributed by atoms with Crippen molar-refractivity contribution in [2.45, 2.75) is 106 Å². The summed E-state index contributed by atoms with van der Waals surface area (Å²) in [6, 6.07) is 40.2. The summed E-state index contributed by atoms with van der Waals surface area (Å²) in [5.41, 5.74) is 1.57. The van der Waals surface area contributed by atoms with Gasteiger partial charge in [0.25, 0.3) is 0 Å². The zero-order valence-corrected chi connectivity index (χ0v) is 33.7. The lowest BCUT2D eigenvalue weighted by Crippen LogP contribution is -2.14. The molecule has 2 N–H and O–H groups in total. The van der Waals surface area contributed by atoms with E-state index in [2.05, 4.69) is 71.0 Å². The summed E-state index contributed by atoms with van der Waals surface area (Å²) in [6.45, 7) is 19.0. The Morgan fingerprint density at radius 3 is 1.47 bits per heavy atom. The molecule has 0 bridgehead atoms. The SMILES string of the molecule is CC.CC.CCC(CC)Oc1ccc(C(C)(C)C)cc1.CO.O=S(c1ccc(O)cc1)c1ccc(Oc2ccc(Sc3ccccc3)cc2)cc1. The van der Waals surface area contributed by atoms with Gasteiger partial charge < -0.3 is 19.7 Å². The van der Waals surface area contributed by atoms with E-state index in [9.17, 15) is 9.32 Å². The van der Waals surface area contributed by atoms with Crippen LogP contribution in [0.1, 0.15) is 80.7 Å². The van der Waals surface area contributed by atoms with Crippen LogP contribution in [0.4, 0.5) is 0 Å². The lowest BCUT2D eigenvalue weighted by molar-refractivity contribution is 0.193. The van der Waals surface area contributed by atoms with Crippen LogP contribution in [-0.2, 0) is 16.2 Å². The first-order valence-electron chi connectivity index (χ1n) is 17.7. The molecular formula is C44H58O5S2. The highest BCUT2D eigenvalue weighted by Gasteiger charge is 2.14. The molecule has 0 spiro atoms. The van der Waals surface area contributed by atoms with E-state index in [1.807, 2.05) is 70.2 Å². The number of hydrogen-bond acceptors (Lipinski definition) is 6. The number of aromatic hydroxyl groups is 1. The third kappa shape index (κ3) is 16.2. The Kier molecular flexibility index (Phi) is 22.0. The first-order valence-corrected chi connectivity index (χ1v) is 19.6. The van der Waals surface area contributed by atoms with Crippen LogP contribution in [0.3, 0.4) is 0 Å². The Labute approximate surface area is 314 Å². The van der Waals surface area contributed by atoms with Crippen molar-refractivity contribution < 1.29 is 23.9 Å². The topological polar surface area (TPSA) is 76.0 Å². The maximum atomic E-state index is 12.6. The molecule has 0 radical (unpaired) electrons. The Morgan fingerprint density at radius 2 is 1.02 bits per heavy atom. The van der Waals surface area contributed by atoms with Crippen molar-refractivity contribution in [3.05, 3.63) is 133 Å². The van der Waals surface area contributed by atoms with Crippen LogP contribution in [0.5, 0.6) is 23.0 Å². The number of rotatable bonds is 10. The molecule has 0 saturated carbocycles. The molecule has 5 aromatic carbocycles. The van der Waals surface area contributed by atoms with E-state index in [0.717, 1.165) is 36.3 Å². The van der Waals surface area contributed by atoms with Gasteiger partial charge in [0.1, 0.15) is 23.0 Å². The van der Waals surface area contributed by atoms with Gasteiger partial charge in [-0.15, -0.1) is 0 Å². The fraction of sp³-hybridized carbons (Fsp3) is 0.318. The predicted octanol–water partition coefficient (Wildman–Crippen LogP) is 12.7. The number of aliphatic hydroxyl groups excluding tert-OH is 1.